The second-order valence-corrected chi connectivity index (χ2v) is 6.16. The number of likely N-dealkylation sites (tertiary alicyclic amines) is 1. The van der Waals surface area contributed by atoms with Gasteiger partial charge in [0.25, 0.3) is 0 Å². The lowest BCUT2D eigenvalue weighted by atomic mass is 9.84. The van der Waals surface area contributed by atoms with Crippen molar-refractivity contribution < 1.29 is 14.7 Å². The maximum absolute atomic E-state index is 12.5. The maximum atomic E-state index is 12.5. The van der Waals surface area contributed by atoms with E-state index in [9.17, 15) is 14.7 Å². The Morgan fingerprint density at radius 1 is 1.04 bits per heavy atom. The maximum Gasteiger partial charge on any atom is 0.308 e. The van der Waals surface area contributed by atoms with Gasteiger partial charge in [-0.2, -0.15) is 0 Å². The van der Waals surface area contributed by atoms with Crippen LogP contribution in [0.15, 0.2) is 60.7 Å². The molecule has 2 atom stereocenters. The second-order valence-electron chi connectivity index (χ2n) is 6.16. The lowest BCUT2D eigenvalue weighted by Gasteiger charge is -2.40. The first-order valence-corrected chi connectivity index (χ1v) is 8.28. The molecule has 2 aromatic rings. The molecule has 4 nitrogen and oxygen atoms in total. The molecule has 0 bridgehead atoms. The quantitative estimate of drug-likeness (QED) is 0.918. The summed E-state index contributed by atoms with van der Waals surface area (Å²) in [5, 5.41) is 9.62. The summed E-state index contributed by atoms with van der Waals surface area (Å²) in [5.74, 6) is -1.35. The smallest absolute Gasteiger partial charge is 0.308 e. The molecule has 0 spiro atoms. The number of carboxylic acids is 1. The summed E-state index contributed by atoms with van der Waals surface area (Å²) >= 11 is 0. The number of nitrogens with zero attached hydrogens (tertiary/aromatic N) is 1. The Kier molecular flexibility index (Phi) is 4.94. The van der Waals surface area contributed by atoms with Crippen LogP contribution in [0.5, 0.6) is 0 Å². The molecular weight excluding hydrogens is 302 g/mol. The van der Waals surface area contributed by atoms with E-state index in [2.05, 4.69) is 0 Å². The predicted octanol–water partition coefficient (Wildman–Crippen LogP) is 3.29. The molecule has 4 heteroatoms. The van der Waals surface area contributed by atoms with Crippen molar-refractivity contribution in [3.8, 4) is 0 Å². The van der Waals surface area contributed by atoms with Crippen LogP contribution in [0, 0.1) is 5.92 Å². The highest BCUT2D eigenvalue weighted by Gasteiger charge is 2.40. The molecule has 1 amide bonds. The van der Waals surface area contributed by atoms with Gasteiger partial charge in [0.15, 0.2) is 0 Å². The van der Waals surface area contributed by atoms with Gasteiger partial charge in [0.05, 0.1) is 12.0 Å². The number of carbonyl (C=O) groups excluding carboxylic acids is 1. The first-order chi connectivity index (χ1) is 11.7. The van der Waals surface area contributed by atoms with Gasteiger partial charge in [0.1, 0.15) is 0 Å². The Labute approximate surface area is 141 Å². The minimum Gasteiger partial charge on any atom is -0.481 e. The van der Waals surface area contributed by atoms with E-state index in [-0.39, 0.29) is 5.91 Å². The van der Waals surface area contributed by atoms with Crippen molar-refractivity contribution in [1.82, 2.24) is 4.90 Å². The third kappa shape index (κ3) is 3.48. The van der Waals surface area contributed by atoms with Crippen molar-refractivity contribution >= 4 is 11.9 Å². The molecule has 2 aromatic carbocycles. The number of hydrogen-bond acceptors (Lipinski definition) is 2. The molecule has 1 aliphatic heterocycles. The number of hydrogen-bond donors (Lipinski definition) is 1. The summed E-state index contributed by atoms with van der Waals surface area (Å²) in [4.78, 5) is 26.0. The van der Waals surface area contributed by atoms with Gasteiger partial charge in [-0.25, -0.2) is 0 Å². The van der Waals surface area contributed by atoms with Crippen molar-refractivity contribution in [3.63, 3.8) is 0 Å². The standard InChI is InChI=1S/C20H21NO3/c22-18-12-11-17(20(23)24)19(16-9-5-2-6-10-16)21(18)14-13-15-7-3-1-4-8-15/h1-10,17,19H,11-14H2,(H,23,24)/t17-,19+/m0/s1. The van der Waals surface area contributed by atoms with Crippen LogP contribution in [0.25, 0.3) is 0 Å². The van der Waals surface area contributed by atoms with Gasteiger partial charge in [-0.1, -0.05) is 60.7 Å². The van der Waals surface area contributed by atoms with Crippen molar-refractivity contribution in [2.24, 2.45) is 5.92 Å². The molecule has 124 valence electrons. The fraction of sp³-hybridized carbons (Fsp3) is 0.300. The van der Waals surface area contributed by atoms with Gasteiger partial charge in [-0.15, -0.1) is 0 Å². The number of piperidine rings is 1. The highest BCUT2D eigenvalue weighted by atomic mass is 16.4. The molecule has 3 rings (SSSR count). The molecule has 0 saturated carbocycles. The zero-order valence-corrected chi connectivity index (χ0v) is 13.5. The summed E-state index contributed by atoms with van der Waals surface area (Å²) in [6.45, 7) is 0.534. The van der Waals surface area contributed by atoms with E-state index in [0.717, 1.165) is 17.5 Å². The third-order valence-electron chi connectivity index (χ3n) is 4.65. The van der Waals surface area contributed by atoms with E-state index >= 15 is 0 Å². The van der Waals surface area contributed by atoms with E-state index < -0.39 is 17.9 Å². The Balaban J connectivity index is 1.87. The number of aliphatic carboxylic acids is 1. The van der Waals surface area contributed by atoms with Crippen molar-refractivity contribution in [2.75, 3.05) is 6.54 Å². The van der Waals surface area contributed by atoms with Gasteiger partial charge in [-0.05, 0) is 24.0 Å². The molecule has 1 saturated heterocycles. The predicted molar refractivity (Wildman–Crippen MR) is 91.4 cm³/mol. The van der Waals surface area contributed by atoms with Crippen LogP contribution < -0.4 is 0 Å². The largest absolute Gasteiger partial charge is 0.481 e. The van der Waals surface area contributed by atoms with Crippen molar-refractivity contribution in [1.29, 1.82) is 0 Å². The Hall–Kier alpha value is -2.62. The van der Waals surface area contributed by atoms with Crippen LogP contribution >= 0.6 is 0 Å². The molecule has 0 unspecified atom stereocenters. The average Bonchev–Trinajstić information content (AvgIpc) is 2.61. The van der Waals surface area contributed by atoms with E-state index in [1.54, 1.807) is 4.90 Å². The van der Waals surface area contributed by atoms with Gasteiger partial charge in [-0.3, -0.25) is 9.59 Å². The summed E-state index contributed by atoms with van der Waals surface area (Å²) in [7, 11) is 0. The fourth-order valence-electron chi connectivity index (χ4n) is 3.43. The molecule has 1 aliphatic rings. The Bertz CT molecular complexity index is 699. The molecular formula is C20H21NO3. The van der Waals surface area contributed by atoms with Crippen LogP contribution in [0.4, 0.5) is 0 Å². The van der Waals surface area contributed by atoms with Crippen LogP contribution in [0.3, 0.4) is 0 Å². The van der Waals surface area contributed by atoms with Crippen molar-refractivity contribution in [2.45, 2.75) is 25.3 Å². The number of carboxylic acid groups (broad SMARTS) is 1. The average molecular weight is 323 g/mol. The Morgan fingerprint density at radius 2 is 1.67 bits per heavy atom. The molecule has 1 fully saturated rings. The number of benzene rings is 2. The second kappa shape index (κ2) is 7.30. The van der Waals surface area contributed by atoms with Crippen molar-refractivity contribution in [3.05, 3.63) is 71.8 Å². The van der Waals surface area contributed by atoms with E-state index in [0.29, 0.717) is 19.4 Å². The highest BCUT2D eigenvalue weighted by Crippen LogP contribution is 2.36. The minimum atomic E-state index is -0.832. The first-order valence-electron chi connectivity index (χ1n) is 8.28. The zero-order chi connectivity index (χ0) is 16.9. The zero-order valence-electron chi connectivity index (χ0n) is 13.5. The number of amides is 1. The highest BCUT2D eigenvalue weighted by molar-refractivity contribution is 5.81. The van der Waals surface area contributed by atoms with Gasteiger partial charge in [0, 0.05) is 13.0 Å². The molecule has 0 aliphatic carbocycles. The molecule has 0 aromatic heterocycles. The van der Waals surface area contributed by atoms with Gasteiger partial charge < -0.3 is 10.0 Å². The number of carbonyl (C=O) groups is 2. The Morgan fingerprint density at radius 3 is 2.29 bits per heavy atom. The summed E-state index contributed by atoms with van der Waals surface area (Å²) in [5.41, 5.74) is 2.04. The lowest BCUT2D eigenvalue weighted by molar-refractivity contribution is -0.152. The summed E-state index contributed by atoms with van der Waals surface area (Å²) in [6.07, 6.45) is 1.42. The number of rotatable bonds is 5. The van der Waals surface area contributed by atoms with Crippen LogP contribution in [-0.2, 0) is 16.0 Å². The monoisotopic (exact) mass is 323 g/mol. The summed E-state index contributed by atoms with van der Waals surface area (Å²) in [6, 6.07) is 19.1. The van der Waals surface area contributed by atoms with Gasteiger partial charge >= 0.3 is 5.97 Å². The fourth-order valence-corrected chi connectivity index (χ4v) is 3.43. The third-order valence-corrected chi connectivity index (χ3v) is 4.65. The molecule has 1 N–H and O–H groups in total. The minimum absolute atomic E-state index is 0.0392. The van der Waals surface area contributed by atoms with E-state index in [4.69, 9.17) is 0 Å². The van der Waals surface area contributed by atoms with Crippen LogP contribution in [-0.4, -0.2) is 28.4 Å². The van der Waals surface area contributed by atoms with Crippen LogP contribution in [0.2, 0.25) is 0 Å². The first kappa shape index (κ1) is 16.2. The molecule has 1 heterocycles. The lowest BCUT2D eigenvalue weighted by Crippen LogP contribution is -2.46. The van der Waals surface area contributed by atoms with Crippen LogP contribution in [0.1, 0.15) is 30.0 Å². The van der Waals surface area contributed by atoms with E-state index in [1.807, 2.05) is 60.7 Å². The molecule has 24 heavy (non-hydrogen) atoms. The summed E-state index contributed by atoms with van der Waals surface area (Å²) < 4.78 is 0. The normalized spacial score (nSPS) is 20.8. The topological polar surface area (TPSA) is 57.6 Å². The van der Waals surface area contributed by atoms with E-state index in [1.165, 1.54) is 0 Å². The SMILES string of the molecule is O=C(O)[C@H]1CCC(=O)N(CCc2ccccc2)[C@@H]1c1ccccc1. The molecule has 0 radical (unpaired) electrons. The van der Waals surface area contributed by atoms with Gasteiger partial charge in [0.2, 0.25) is 5.91 Å².